The second-order valence-electron chi connectivity index (χ2n) is 7.84. The minimum absolute atomic E-state index is 0.0317. The van der Waals surface area contributed by atoms with Crippen LogP contribution in [0, 0.1) is 6.92 Å². The first kappa shape index (κ1) is 23.1. The number of pyridine rings is 2. The van der Waals surface area contributed by atoms with Crippen molar-refractivity contribution in [1.82, 2.24) is 29.7 Å². The lowest BCUT2D eigenvalue weighted by Crippen LogP contribution is -2.18. The molecule has 4 rings (SSSR count). The molecule has 10 heteroatoms. The Morgan fingerprint density at radius 2 is 1.97 bits per heavy atom. The third-order valence-electron chi connectivity index (χ3n) is 5.16. The Morgan fingerprint density at radius 3 is 2.68 bits per heavy atom. The highest BCUT2D eigenvalue weighted by Crippen LogP contribution is 2.32. The van der Waals surface area contributed by atoms with Crippen LogP contribution in [-0.2, 0) is 7.05 Å². The third kappa shape index (κ3) is 5.29. The molecule has 0 radical (unpaired) electrons. The van der Waals surface area contributed by atoms with Crippen LogP contribution in [0.15, 0.2) is 49.1 Å². The van der Waals surface area contributed by atoms with Gasteiger partial charge in [0.1, 0.15) is 11.5 Å². The number of aliphatic hydroxyl groups excluding tert-OH is 1. The van der Waals surface area contributed by atoms with Crippen LogP contribution in [0.25, 0.3) is 22.5 Å². The molecule has 4 aromatic heterocycles. The highest BCUT2D eigenvalue weighted by molar-refractivity contribution is 5.66. The van der Waals surface area contributed by atoms with Crippen LogP contribution in [-0.4, -0.2) is 54.6 Å². The standard InChI is InChI=1S/C24H27N7O3/c1-15(8-10-32)28-24-26-13-19(23(30-24)33-4)20-5-6-22(16(2)29-20)34-18-7-9-25-21(11-18)17-12-27-31(3)14-17/h5-7,9,11-15,32H,8,10H2,1-4H3,(H,26,28,30). The fourth-order valence-corrected chi connectivity index (χ4v) is 3.37. The van der Waals surface area contributed by atoms with Crippen molar-refractivity contribution in [2.24, 2.45) is 7.05 Å². The summed E-state index contributed by atoms with van der Waals surface area (Å²) in [5, 5.41) is 16.4. The van der Waals surface area contributed by atoms with Gasteiger partial charge in [0.2, 0.25) is 11.8 Å². The molecule has 4 heterocycles. The molecule has 176 valence electrons. The highest BCUT2D eigenvalue weighted by Gasteiger charge is 2.15. The summed E-state index contributed by atoms with van der Waals surface area (Å²) in [6.45, 7) is 3.92. The fraction of sp³-hybridized carbons (Fsp3) is 0.292. The third-order valence-corrected chi connectivity index (χ3v) is 5.16. The molecule has 34 heavy (non-hydrogen) atoms. The van der Waals surface area contributed by atoms with Crippen molar-refractivity contribution in [3.63, 3.8) is 0 Å². The number of rotatable bonds is 9. The van der Waals surface area contributed by atoms with E-state index in [2.05, 4.69) is 30.4 Å². The Balaban J connectivity index is 1.55. The molecule has 0 bridgehead atoms. The van der Waals surface area contributed by atoms with E-state index >= 15 is 0 Å². The zero-order valence-electron chi connectivity index (χ0n) is 19.6. The number of hydrogen-bond acceptors (Lipinski definition) is 9. The van der Waals surface area contributed by atoms with Crippen LogP contribution in [0.2, 0.25) is 0 Å². The predicted molar refractivity (Wildman–Crippen MR) is 128 cm³/mol. The van der Waals surface area contributed by atoms with Crippen LogP contribution >= 0.6 is 0 Å². The van der Waals surface area contributed by atoms with E-state index in [0.717, 1.165) is 11.3 Å². The summed E-state index contributed by atoms with van der Waals surface area (Å²) < 4.78 is 13.3. The predicted octanol–water partition coefficient (Wildman–Crippen LogP) is 3.63. The van der Waals surface area contributed by atoms with Gasteiger partial charge in [0, 0.05) is 49.9 Å². The van der Waals surface area contributed by atoms with Gasteiger partial charge >= 0.3 is 0 Å². The molecule has 0 aliphatic rings. The zero-order valence-corrected chi connectivity index (χ0v) is 19.6. The molecule has 0 aromatic carbocycles. The maximum absolute atomic E-state index is 9.09. The number of aryl methyl sites for hydroxylation is 2. The summed E-state index contributed by atoms with van der Waals surface area (Å²) in [7, 11) is 3.42. The molecular weight excluding hydrogens is 434 g/mol. The second kappa shape index (κ2) is 10.3. The van der Waals surface area contributed by atoms with E-state index in [1.807, 2.05) is 45.3 Å². The molecule has 0 fully saturated rings. The minimum atomic E-state index is 0.0317. The second-order valence-corrected chi connectivity index (χ2v) is 7.84. The molecule has 0 aliphatic heterocycles. The number of nitrogens with one attached hydrogen (secondary N) is 1. The maximum atomic E-state index is 9.09. The summed E-state index contributed by atoms with van der Waals surface area (Å²) in [5.41, 5.74) is 3.73. The van der Waals surface area contributed by atoms with Gasteiger partial charge in [-0.3, -0.25) is 9.67 Å². The van der Waals surface area contributed by atoms with Crippen molar-refractivity contribution in [2.45, 2.75) is 26.3 Å². The van der Waals surface area contributed by atoms with Gasteiger partial charge in [-0.15, -0.1) is 0 Å². The van der Waals surface area contributed by atoms with E-state index in [-0.39, 0.29) is 12.6 Å². The fourth-order valence-electron chi connectivity index (χ4n) is 3.37. The molecule has 0 saturated heterocycles. The van der Waals surface area contributed by atoms with Gasteiger partial charge < -0.3 is 19.9 Å². The van der Waals surface area contributed by atoms with Crippen LogP contribution in [0.3, 0.4) is 0 Å². The number of aromatic nitrogens is 6. The minimum Gasteiger partial charge on any atom is -0.480 e. The van der Waals surface area contributed by atoms with Crippen LogP contribution < -0.4 is 14.8 Å². The van der Waals surface area contributed by atoms with Gasteiger partial charge in [-0.25, -0.2) is 9.97 Å². The Bertz CT molecular complexity index is 1280. The summed E-state index contributed by atoms with van der Waals surface area (Å²) in [6, 6.07) is 7.40. The lowest BCUT2D eigenvalue weighted by molar-refractivity contribution is 0.282. The SMILES string of the molecule is COc1nc(NC(C)CCO)ncc1-c1ccc(Oc2ccnc(-c3cnn(C)c3)c2)c(C)n1. The monoisotopic (exact) mass is 461 g/mol. The lowest BCUT2D eigenvalue weighted by Gasteiger charge is -2.15. The average Bonchev–Trinajstić information content (AvgIpc) is 3.27. The molecule has 1 unspecified atom stereocenters. The Morgan fingerprint density at radius 1 is 1.12 bits per heavy atom. The molecule has 0 amide bonds. The normalized spacial score (nSPS) is 11.8. The number of nitrogens with zero attached hydrogens (tertiary/aromatic N) is 6. The number of methoxy groups -OCH3 is 1. The van der Waals surface area contributed by atoms with E-state index in [0.29, 0.717) is 46.7 Å². The lowest BCUT2D eigenvalue weighted by atomic mass is 10.2. The van der Waals surface area contributed by atoms with Gasteiger partial charge in [-0.2, -0.15) is 10.1 Å². The average molecular weight is 462 g/mol. The first-order valence-corrected chi connectivity index (χ1v) is 10.9. The summed E-state index contributed by atoms with van der Waals surface area (Å²) in [6.07, 6.45) is 7.63. The van der Waals surface area contributed by atoms with Gasteiger partial charge in [-0.1, -0.05) is 0 Å². The zero-order chi connectivity index (χ0) is 24.1. The largest absolute Gasteiger partial charge is 0.480 e. The van der Waals surface area contributed by atoms with E-state index in [9.17, 15) is 0 Å². The quantitative estimate of drug-likeness (QED) is 0.385. The van der Waals surface area contributed by atoms with Crippen LogP contribution in [0.5, 0.6) is 17.4 Å². The smallest absolute Gasteiger partial charge is 0.227 e. The molecule has 4 aromatic rings. The van der Waals surface area contributed by atoms with E-state index in [1.54, 1.807) is 36.4 Å². The van der Waals surface area contributed by atoms with Crippen molar-refractivity contribution in [3.8, 4) is 39.9 Å². The van der Waals surface area contributed by atoms with E-state index < -0.39 is 0 Å². The number of aliphatic hydroxyl groups is 1. The summed E-state index contributed by atoms with van der Waals surface area (Å²) >= 11 is 0. The van der Waals surface area contributed by atoms with Crippen molar-refractivity contribution in [3.05, 3.63) is 54.7 Å². The van der Waals surface area contributed by atoms with Crippen molar-refractivity contribution < 1.29 is 14.6 Å². The summed E-state index contributed by atoms with van der Waals surface area (Å²) in [5.74, 6) is 2.12. The van der Waals surface area contributed by atoms with E-state index in [4.69, 9.17) is 14.6 Å². The first-order chi connectivity index (χ1) is 16.5. The van der Waals surface area contributed by atoms with Gasteiger partial charge in [-0.05, 0) is 38.5 Å². The van der Waals surface area contributed by atoms with Crippen molar-refractivity contribution >= 4 is 5.95 Å². The van der Waals surface area contributed by atoms with Crippen molar-refractivity contribution in [2.75, 3.05) is 19.0 Å². The molecule has 0 spiro atoms. The number of anilines is 1. The van der Waals surface area contributed by atoms with E-state index in [1.165, 1.54) is 0 Å². The van der Waals surface area contributed by atoms with Crippen LogP contribution in [0.4, 0.5) is 5.95 Å². The highest BCUT2D eigenvalue weighted by atomic mass is 16.5. The molecule has 0 aliphatic carbocycles. The number of hydrogen-bond donors (Lipinski definition) is 2. The first-order valence-electron chi connectivity index (χ1n) is 10.9. The number of ether oxygens (including phenoxy) is 2. The van der Waals surface area contributed by atoms with Crippen LogP contribution in [0.1, 0.15) is 19.0 Å². The Kier molecular flexibility index (Phi) is 6.98. The Labute approximate surface area is 197 Å². The molecule has 0 saturated carbocycles. The maximum Gasteiger partial charge on any atom is 0.227 e. The van der Waals surface area contributed by atoms with Gasteiger partial charge in [0.15, 0.2) is 0 Å². The Hall–Kier alpha value is -4.05. The molecule has 10 nitrogen and oxygen atoms in total. The van der Waals surface area contributed by atoms with Gasteiger partial charge in [0.05, 0.1) is 36.0 Å². The van der Waals surface area contributed by atoms with Crippen molar-refractivity contribution in [1.29, 1.82) is 0 Å². The summed E-state index contributed by atoms with van der Waals surface area (Å²) in [4.78, 5) is 17.9. The topological polar surface area (TPSA) is 120 Å². The van der Waals surface area contributed by atoms with Gasteiger partial charge in [0.25, 0.3) is 0 Å². The molecule has 2 N–H and O–H groups in total. The molecular formula is C24H27N7O3. The molecule has 1 atom stereocenters.